The maximum atomic E-state index is 11.7. The highest BCUT2D eigenvalue weighted by Crippen LogP contribution is 2.19. The van der Waals surface area contributed by atoms with Crippen LogP contribution in [-0.2, 0) is 5.33 Å². The molecule has 1 heterocycles. The molecule has 0 fully saturated rings. The Balaban J connectivity index is 2.37. The van der Waals surface area contributed by atoms with E-state index < -0.39 is 0 Å². The van der Waals surface area contributed by atoms with Crippen LogP contribution in [0.5, 0.6) is 0 Å². The van der Waals surface area contributed by atoms with Gasteiger partial charge in [-0.3, -0.25) is 4.79 Å². The first-order chi connectivity index (χ1) is 8.61. The average Bonchev–Trinajstić information content (AvgIpc) is 2.38. The van der Waals surface area contributed by atoms with Gasteiger partial charge in [-0.15, -0.1) is 0 Å². The van der Waals surface area contributed by atoms with E-state index in [4.69, 9.17) is 0 Å². The van der Waals surface area contributed by atoms with Crippen LogP contribution in [0.1, 0.15) is 30.9 Å². The lowest BCUT2D eigenvalue weighted by Gasteiger charge is -2.06. The Morgan fingerprint density at radius 2 is 1.94 bits per heavy atom. The lowest BCUT2D eigenvalue weighted by Crippen LogP contribution is -2.13. The van der Waals surface area contributed by atoms with Crippen LogP contribution in [0, 0.1) is 0 Å². The van der Waals surface area contributed by atoms with Crippen LogP contribution in [0.15, 0.2) is 35.3 Å². The standard InChI is InChI=1S/C14H15BrN2O/c1-9(2)10-3-5-11(6-4-10)13-16-8-12(7-15)14(18)17-13/h3-6,8-9H,7H2,1-2H3,(H,16,17,18). The van der Waals surface area contributed by atoms with Crippen molar-refractivity contribution < 1.29 is 0 Å². The van der Waals surface area contributed by atoms with Crippen molar-refractivity contribution in [3.63, 3.8) is 0 Å². The second kappa shape index (κ2) is 5.48. The van der Waals surface area contributed by atoms with Crippen molar-refractivity contribution in [3.05, 3.63) is 51.9 Å². The largest absolute Gasteiger partial charge is 0.306 e. The molecular formula is C14H15BrN2O. The predicted octanol–water partition coefficient (Wildman–Crippen LogP) is 3.46. The number of nitrogens with one attached hydrogen (secondary N) is 1. The maximum absolute atomic E-state index is 11.7. The van der Waals surface area contributed by atoms with Crippen LogP contribution in [0.2, 0.25) is 0 Å². The molecule has 0 aliphatic heterocycles. The molecule has 0 spiro atoms. The molecule has 0 atom stereocenters. The van der Waals surface area contributed by atoms with E-state index in [1.54, 1.807) is 6.20 Å². The lowest BCUT2D eigenvalue weighted by atomic mass is 10.0. The van der Waals surface area contributed by atoms with Gasteiger partial charge in [0, 0.05) is 22.7 Å². The van der Waals surface area contributed by atoms with Crippen LogP contribution < -0.4 is 5.56 Å². The number of aromatic nitrogens is 2. The first-order valence-electron chi connectivity index (χ1n) is 5.86. The van der Waals surface area contributed by atoms with Gasteiger partial charge in [-0.1, -0.05) is 54.0 Å². The number of halogens is 1. The summed E-state index contributed by atoms with van der Waals surface area (Å²) < 4.78 is 0. The molecule has 1 aromatic heterocycles. The summed E-state index contributed by atoms with van der Waals surface area (Å²) in [7, 11) is 0. The molecule has 0 bridgehead atoms. The van der Waals surface area contributed by atoms with Gasteiger partial charge < -0.3 is 4.98 Å². The summed E-state index contributed by atoms with van der Waals surface area (Å²) in [5.74, 6) is 1.11. The van der Waals surface area contributed by atoms with E-state index in [9.17, 15) is 4.79 Å². The highest BCUT2D eigenvalue weighted by atomic mass is 79.9. The highest BCUT2D eigenvalue weighted by Gasteiger charge is 2.05. The highest BCUT2D eigenvalue weighted by molar-refractivity contribution is 9.08. The number of hydrogen-bond donors (Lipinski definition) is 1. The Hall–Kier alpha value is -1.42. The zero-order valence-electron chi connectivity index (χ0n) is 10.4. The van der Waals surface area contributed by atoms with Gasteiger partial charge in [0.15, 0.2) is 0 Å². The minimum atomic E-state index is -0.0928. The minimum Gasteiger partial charge on any atom is -0.306 e. The molecule has 4 heteroatoms. The van der Waals surface area contributed by atoms with Crippen LogP contribution in [-0.4, -0.2) is 9.97 Å². The number of benzene rings is 1. The Bertz CT molecular complexity index is 587. The molecule has 2 rings (SSSR count). The monoisotopic (exact) mass is 306 g/mol. The summed E-state index contributed by atoms with van der Waals surface area (Å²) in [6, 6.07) is 8.11. The van der Waals surface area contributed by atoms with Crippen molar-refractivity contribution in [1.29, 1.82) is 0 Å². The van der Waals surface area contributed by atoms with Crippen molar-refractivity contribution >= 4 is 15.9 Å². The van der Waals surface area contributed by atoms with E-state index in [0.29, 0.717) is 22.6 Å². The van der Waals surface area contributed by atoms with Crippen LogP contribution in [0.3, 0.4) is 0 Å². The lowest BCUT2D eigenvalue weighted by molar-refractivity contribution is 0.867. The molecule has 0 radical (unpaired) electrons. The van der Waals surface area contributed by atoms with Crippen LogP contribution in [0.4, 0.5) is 0 Å². The Labute approximate surface area is 114 Å². The smallest absolute Gasteiger partial charge is 0.255 e. The third-order valence-corrected chi connectivity index (χ3v) is 3.47. The fourth-order valence-electron chi connectivity index (χ4n) is 1.69. The normalized spacial score (nSPS) is 10.9. The van der Waals surface area contributed by atoms with Crippen LogP contribution in [0.25, 0.3) is 11.4 Å². The number of aromatic amines is 1. The van der Waals surface area contributed by atoms with Gasteiger partial charge in [0.2, 0.25) is 0 Å². The Kier molecular flexibility index (Phi) is 3.97. The first kappa shape index (κ1) is 13.0. The van der Waals surface area contributed by atoms with Crippen molar-refractivity contribution in [2.24, 2.45) is 0 Å². The van der Waals surface area contributed by atoms with E-state index >= 15 is 0 Å². The fourth-order valence-corrected chi connectivity index (χ4v) is 2.09. The number of hydrogen-bond acceptors (Lipinski definition) is 2. The molecule has 0 aliphatic rings. The number of H-pyrrole nitrogens is 1. The summed E-state index contributed by atoms with van der Waals surface area (Å²) in [6.07, 6.45) is 1.61. The summed E-state index contributed by atoms with van der Waals surface area (Å²) in [4.78, 5) is 18.8. The van der Waals surface area contributed by atoms with Crippen molar-refractivity contribution in [3.8, 4) is 11.4 Å². The third-order valence-electron chi connectivity index (χ3n) is 2.87. The second-order valence-electron chi connectivity index (χ2n) is 4.50. The quantitative estimate of drug-likeness (QED) is 0.883. The molecule has 1 aromatic carbocycles. The molecule has 1 N–H and O–H groups in total. The number of alkyl halides is 1. The number of nitrogens with zero attached hydrogens (tertiary/aromatic N) is 1. The second-order valence-corrected chi connectivity index (χ2v) is 5.06. The predicted molar refractivity (Wildman–Crippen MR) is 77.0 cm³/mol. The Morgan fingerprint density at radius 1 is 1.28 bits per heavy atom. The van der Waals surface area contributed by atoms with E-state index in [2.05, 4.69) is 51.9 Å². The summed E-state index contributed by atoms with van der Waals surface area (Å²) >= 11 is 3.25. The number of rotatable bonds is 3. The van der Waals surface area contributed by atoms with Crippen molar-refractivity contribution in [2.75, 3.05) is 0 Å². The van der Waals surface area contributed by atoms with Gasteiger partial charge in [-0.2, -0.15) is 0 Å². The van der Waals surface area contributed by atoms with Gasteiger partial charge >= 0.3 is 0 Å². The molecule has 18 heavy (non-hydrogen) atoms. The van der Waals surface area contributed by atoms with Crippen molar-refractivity contribution in [2.45, 2.75) is 25.1 Å². The van der Waals surface area contributed by atoms with Gasteiger partial charge in [0.1, 0.15) is 5.82 Å². The van der Waals surface area contributed by atoms with E-state index in [0.717, 1.165) is 5.56 Å². The first-order valence-corrected chi connectivity index (χ1v) is 6.98. The SMILES string of the molecule is CC(C)c1ccc(-c2ncc(CBr)c(=O)[nH]2)cc1. The van der Waals surface area contributed by atoms with Gasteiger partial charge in [0.25, 0.3) is 5.56 Å². The van der Waals surface area contributed by atoms with Gasteiger partial charge in [0.05, 0.1) is 0 Å². The average molecular weight is 307 g/mol. The molecule has 94 valence electrons. The van der Waals surface area contributed by atoms with Gasteiger partial charge in [-0.05, 0) is 11.5 Å². The third kappa shape index (κ3) is 2.70. The van der Waals surface area contributed by atoms with Gasteiger partial charge in [-0.25, -0.2) is 4.98 Å². The summed E-state index contributed by atoms with van der Waals surface area (Å²) in [5, 5.41) is 0.516. The fraction of sp³-hybridized carbons (Fsp3) is 0.286. The minimum absolute atomic E-state index is 0.0928. The van der Waals surface area contributed by atoms with E-state index in [1.165, 1.54) is 5.56 Å². The maximum Gasteiger partial charge on any atom is 0.255 e. The molecule has 0 aliphatic carbocycles. The van der Waals surface area contributed by atoms with Crippen LogP contribution >= 0.6 is 15.9 Å². The molecule has 2 aromatic rings. The van der Waals surface area contributed by atoms with E-state index in [1.807, 2.05) is 12.1 Å². The molecule has 0 saturated carbocycles. The zero-order chi connectivity index (χ0) is 13.1. The molecule has 0 unspecified atom stereocenters. The molecule has 3 nitrogen and oxygen atoms in total. The Morgan fingerprint density at radius 3 is 2.44 bits per heavy atom. The van der Waals surface area contributed by atoms with Crippen molar-refractivity contribution in [1.82, 2.24) is 9.97 Å². The zero-order valence-corrected chi connectivity index (χ0v) is 12.0. The topological polar surface area (TPSA) is 45.8 Å². The van der Waals surface area contributed by atoms with E-state index in [-0.39, 0.29) is 5.56 Å². The molecule has 0 amide bonds. The molecule has 0 saturated heterocycles. The summed E-state index contributed by atoms with van der Waals surface area (Å²) in [5.41, 5.74) is 2.75. The molecular weight excluding hydrogens is 292 g/mol. The summed E-state index contributed by atoms with van der Waals surface area (Å²) in [6.45, 7) is 4.31.